The van der Waals surface area contributed by atoms with Crippen LogP contribution < -0.4 is 15.4 Å². The van der Waals surface area contributed by atoms with Crippen LogP contribution in [-0.4, -0.2) is 23.6 Å². The molecule has 1 aromatic carbocycles. The molecule has 2 N–H and O–H groups in total. The molecule has 0 spiro atoms. The van der Waals surface area contributed by atoms with E-state index < -0.39 is 0 Å². The van der Waals surface area contributed by atoms with E-state index in [1.165, 1.54) is 0 Å². The third-order valence-electron chi connectivity index (χ3n) is 3.00. The molecule has 0 saturated heterocycles. The Hall–Kier alpha value is -1.82. The van der Waals surface area contributed by atoms with Crippen LogP contribution in [0, 0.1) is 6.92 Å². The fourth-order valence-corrected chi connectivity index (χ4v) is 2.36. The number of halogens is 1. The van der Waals surface area contributed by atoms with Crippen LogP contribution in [0.1, 0.15) is 18.9 Å². The van der Waals surface area contributed by atoms with Crippen molar-refractivity contribution < 1.29 is 4.74 Å². The third-order valence-corrected chi connectivity index (χ3v) is 3.45. The SMILES string of the molecule is CCCNc1ncnc(Nc2cc(Br)cc(OC)c2)c1C. The number of rotatable bonds is 6. The van der Waals surface area contributed by atoms with E-state index in [9.17, 15) is 0 Å². The maximum atomic E-state index is 5.27. The summed E-state index contributed by atoms with van der Waals surface area (Å²) in [6, 6.07) is 5.81. The van der Waals surface area contributed by atoms with Gasteiger partial charge < -0.3 is 15.4 Å². The zero-order valence-corrected chi connectivity index (χ0v) is 14.0. The first-order chi connectivity index (χ1) is 10.1. The van der Waals surface area contributed by atoms with E-state index >= 15 is 0 Å². The van der Waals surface area contributed by atoms with E-state index in [1.54, 1.807) is 13.4 Å². The second-order valence-electron chi connectivity index (χ2n) is 4.63. The summed E-state index contributed by atoms with van der Waals surface area (Å²) in [6.45, 7) is 5.01. The lowest BCUT2D eigenvalue weighted by Gasteiger charge is -2.13. The lowest BCUT2D eigenvalue weighted by atomic mass is 10.2. The molecule has 5 nitrogen and oxygen atoms in total. The number of hydrogen-bond acceptors (Lipinski definition) is 5. The second kappa shape index (κ2) is 7.26. The Morgan fingerprint density at radius 1 is 1.19 bits per heavy atom. The molecule has 1 heterocycles. The lowest BCUT2D eigenvalue weighted by Crippen LogP contribution is -2.07. The van der Waals surface area contributed by atoms with Crippen LogP contribution in [0.2, 0.25) is 0 Å². The molecule has 112 valence electrons. The minimum Gasteiger partial charge on any atom is -0.497 e. The predicted molar refractivity (Wildman–Crippen MR) is 89.5 cm³/mol. The number of hydrogen-bond donors (Lipinski definition) is 2. The van der Waals surface area contributed by atoms with Crippen molar-refractivity contribution in [3.63, 3.8) is 0 Å². The van der Waals surface area contributed by atoms with Crippen molar-refractivity contribution in [2.45, 2.75) is 20.3 Å². The first-order valence-electron chi connectivity index (χ1n) is 6.81. The van der Waals surface area contributed by atoms with Gasteiger partial charge in [0.25, 0.3) is 0 Å². The molecule has 0 bridgehead atoms. The molecule has 0 aliphatic heterocycles. The van der Waals surface area contributed by atoms with Crippen molar-refractivity contribution in [2.75, 3.05) is 24.3 Å². The van der Waals surface area contributed by atoms with Gasteiger partial charge in [-0.2, -0.15) is 0 Å². The fourth-order valence-electron chi connectivity index (χ4n) is 1.89. The largest absolute Gasteiger partial charge is 0.497 e. The fraction of sp³-hybridized carbons (Fsp3) is 0.333. The lowest BCUT2D eigenvalue weighted by molar-refractivity contribution is 0.415. The third kappa shape index (κ3) is 4.07. The van der Waals surface area contributed by atoms with Gasteiger partial charge in [0.1, 0.15) is 23.7 Å². The van der Waals surface area contributed by atoms with E-state index in [2.05, 4.69) is 43.5 Å². The van der Waals surface area contributed by atoms with E-state index in [1.807, 2.05) is 25.1 Å². The molecular formula is C15H19BrN4O. The Kier molecular flexibility index (Phi) is 5.38. The number of ether oxygens (including phenoxy) is 1. The van der Waals surface area contributed by atoms with Crippen LogP contribution in [-0.2, 0) is 0 Å². The number of benzene rings is 1. The minimum atomic E-state index is 0.780. The molecule has 0 amide bonds. The van der Waals surface area contributed by atoms with Crippen LogP contribution in [0.25, 0.3) is 0 Å². The van der Waals surface area contributed by atoms with Gasteiger partial charge in [-0.1, -0.05) is 22.9 Å². The number of anilines is 3. The molecule has 2 rings (SSSR count). The number of aromatic nitrogens is 2. The van der Waals surface area contributed by atoms with Crippen LogP contribution in [0.4, 0.5) is 17.3 Å². The number of nitrogens with one attached hydrogen (secondary N) is 2. The molecule has 21 heavy (non-hydrogen) atoms. The highest BCUT2D eigenvalue weighted by Crippen LogP contribution is 2.28. The summed E-state index contributed by atoms with van der Waals surface area (Å²) in [5, 5.41) is 6.60. The molecule has 2 aromatic rings. The average Bonchev–Trinajstić information content (AvgIpc) is 2.47. The molecular weight excluding hydrogens is 332 g/mol. The summed E-state index contributed by atoms with van der Waals surface area (Å²) in [6.07, 6.45) is 2.61. The highest BCUT2D eigenvalue weighted by molar-refractivity contribution is 9.10. The van der Waals surface area contributed by atoms with Crippen molar-refractivity contribution in [3.8, 4) is 5.75 Å². The maximum Gasteiger partial charge on any atom is 0.138 e. The zero-order valence-electron chi connectivity index (χ0n) is 12.4. The van der Waals surface area contributed by atoms with Crippen molar-refractivity contribution in [1.82, 2.24) is 9.97 Å². The van der Waals surface area contributed by atoms with Gasteiger partial charge in [0.15, 0.2) is 0 Å². The van der Waals surface area contributed by atoms with Gasteiger partial charge in [-0.15, -0.1) is 0 Å². The number of nitrogens with zero attached hydrogens (tertiary/aromatic N) is 2. The van der Waals surface area contributed by atoms with Crippen LogP contribution in [0.15, 0.2) is 29.0 Å². The average molecular weight is 351 g/mol. The molecule has 6 heteroatoms. The summed E-state index contributed by atoms with van der Waals surface area (Å²) in [4.78, 5) is 8.58. The molecule has 0 saturated carbocycles. The summed E-state index contributed by atoms with van der Waals surface area (Å²) < 4.78 is 6.21. The van der Waals surface area contributed by atoms with Crippen LogP contribution in [0.3, 0.4) is 0 Å². The normalized spacial score (nSPS) is 10.3. The number of methoxy groups -OCH3 is 1. The molecule has 0 aliphatic carbocycles. The highest BCUT2D eigenvalue weighted by atomic mass is 79.9. The molecule has 0 fully saturated rings. The first-order valence-corrected chi connectivity index (χ1v) is 7.60. The molecule has 1 aromatic heterocycles. The van der Waals surface area contributed by atoms with Crippen molar-refractivity contribution in [3.05, 3.63) is 34.6 Å². The Morgan fingerprint density at radius 3 is 2.67 bits per heavy atom. The predicted octanol–water partition coefficient (Wildman–Crippen LogP) is 4.12. The smallest absolute Gasteiger partial charge is 0.138 e. The Morgan fingerprint density at radius 2 is 1.95 bits per heavy atom. The van der Waals surface area contributed by atoms with Gasteiger partial charge in [0.05, 0.1) is 7.11 Å². The van der Waals surface area contributed by atoms with Gasteiger partial charge in [0, 0.05) is 28.3 Å². The van der Waals surface area contributed by atoms with Gasteiger partial charge in [-0.25, -0.2) is 9.97 Å². The Labute approximate surface area is 133 Å². The summed E-state index contributed by atoms with van der Waals surface area (Å²) >= 11 is 3.47. The van der Waals surface area contributed by atoms with Gasteiger partial charge >= 0.3 is 0 Å². The topological polar surface area (TPSA) is 59.1 Å². The van der Waals surface area contributed by atoms with Crippen molar-refractivity contribution in [2.24, 2.45) is 0 Å². The van der Waals surface area contributed by atoms with Gasteiger partial charge in [0.2, 0.25) is 0 Å². The summed E-state index contributed by atoms with van der Waals surface area (Å²) in [7, 11) is 1.65. The minimum absolute atomic E-state index is 0.780. The van der Waals surface area contributed by atoms with Crippen LogP contribution in [0.5, 0.6) is 5.75 Å². The monoisotopic (exact) mass is 350 g/mol. The Bertz CT molecular complexity index is 619. The van der Waals surface area contributed by atoms with E-state index in [0.29, 0.717) is 0 Å². The van der Waals surface area contributed by atoms with Gasteiger partial charge in [-0.05, 0) is 25.5 Å². The van der Waals surface area contributed by atoms with Crippen molar-refractivity contribution in [1.29, 1.82) is 0 Å². The maximum absolute atomic E-state index is 5.27. The van der Waals surface area contributed by atoms with E-state index in [-0.39, 0.29) is 0 Å². The zero-order chi connectivity index (χ0) is 15.2. The first kappa shape index (κ1) is 15.6. The standard InChI is InChI=1S/C15H19BrN4O/c1-4-5-17-14-10(2)15(19-9-18-14)20-12-6-11(16)7-13(8-12)21-3/h6-9H,4-5H2,1-3H3,(H2,17,18,19,20). The molecule has 0 aliphatic rings. The summed E-state index contributed by atoms with van der Waals surface area (Å²) in [5.74, 6) is 2.42. The van der Waals surface area contributed by atoms with Crippen molar-refractivity contribution >= 4 is 33.3 Å². The highest BCUT2D eigenvalue weighted by Gasteiger charge is 2.08. The molecule has 0 radical (unpaired) electrons. The van der Waals surface area contributed by atoms with Crippen LogP contribution >= 0.6 is 15.9 Å². The Balaban J connectivity index is 2.25. The van der Waals surface area contributed by atoms with E-state index in [4.69, 9.17) is 4.74 Å². The summed E-state index contributed by atoms with van der Waals surface area (Å²) in [5.41, 5.74) is 1.90. The quantitative estimate of drug-likeness (QED) is 0.820. The molecule has 0 unspecified atom stereocenters. The van der Waals surface area contributed by atoms with E-state index in [0.717, 1.165) is 46.1 Å². The van der Waals surface area contributed by atoms with Gasteiger partial charge in [-0.3, -0.25) is 0 Å². The molecule has 0 atom stereocenters. The second-order valence-corrected chi connectivity index (χ2v) is 5.54.